The number of piperidine rings is 1. The number of ether oxygens (including phenoxy) is 2. The number of nitrogen functional groups attached to an aromatic ring is 1. The molecule has 6 rings (SSSR count). The van der Waals surface area contributed by atoms with Crippen LogP contribution in [0.25, 0.3) is 0 Å². The van der Waals surface area contributed by atoms with Crippen molar-refractivity contribution in [3.63, 3.8) is 0 Å². The van der Waals surface area contributed by atoms with Gasteiger partial charge in [-0.1, -0.05) is 24.6 Å². The first-order valence-corrected chi connectivity index (χ1v) is 12.9. The summed E-state index contributed by atoms with van der Waals surface area (Å²) in [5, 5.41) is 4.35. The third kappa shape index (κ3) is 3.99. The lowest BCUT2D eigenvalue weighted by Crippen LogP contribution is -2.44. The molecule has 3 N–H and O–H groups in total. The summed E-state index contributed by atoms with van der Waals surface area (Å²) < 4.78 is 12.1. The highest BCUT2D eigenvalue weighted by molar-refractivity contribution is 7.99. The van der Waals surface area contributed by atoms with E-state index in [1.807, 2.05) is 18.5 Å². The molecule has 0 amide bonds. The molecular formula is C24H32N6O2S. The van der Waals surface area contributed by atoms with E-state index in [1.54, 1.807) is 0 Å². The Morgan fingerprint density at radius 2 is 1.97 bits per heavy atom. The van der Waals surface area contributed by atoms with Crippen molar-refractivity contribution in [3.8, 4) is 5.75 Å². The first-order valence-electron chi connectivity index (χ1n) is 12.1. The summed E-state index contributed by atoms with van der Waals surface area (Å²) in [4.78, 5) is 17.2. The molecule has 1 saturated carbocycles. The van der Waals surface area contributed by atoms with E-state index < -0.39 is 0 Å². The number of rotatable bonds is 3. The average molecular weight is 469 g/mol. The Kier molecular flexibility index (Phi) is 5.29. The summed E-state index contributed by atoms with van der Waals surface area (Å²) in [7, 11) is 0. The third-order valence-corrected chi connectivity index (χ3v) is 8.86. The van der Waals surface area contributed by atoms with Crippen LogP contribution in [0.4, 0.5) is 17.5 Å². The summed E-state index contributed by atoms with van der Waals surface area (Å²) in [6.45, 7) is 5.68. The lowest BCUT2D eigenvalue weighted by atomic mass is 9.77. The number of fused-ring (bicyclic) bond motifs is 1. The molecular weight excluding hydrogens is 436 g/mol. The Balaban J connectivity index is 1.15. The Bertz CT molecular complexity index is 1040. The van der Waals surface area contributed by atoms with Gasteiger partial charge in [-0.2, -0.15) is 0 Å². The van der Waals surface area contributed by atoms with Gasteiger partial charge in [-0.25, -0.2) is 15.0 Å². The van der Waals surface area contributed by atoms with Gasteiger partial charge in [-0.05, 0) is 50.5 Å². The van der Waals surface area contributed by atoms with Crippen LogP contribution in [0.3, 0.4) is 0 Å². The number of nitrogens with zero attached hydrogens (tertiary/aromatic N) is 4. The van der Waals surface area contributed by atoms with Gasteiger partial charge in [0, 0.05) is 19.3 Å². The van der Waals surface area contributed by atoms with E-state index >= 15 is 0 Å². The van der Waals surface area contributed by atoms with Gasteiger partial charge < -0.3 is 25.4 Å². The van der Waals surface area contributed by atoms with Crippen molar-refractivity contribution >= 4 is 29.2 Å². The fourth-order valence-electron chi connectivity index (χ4n) is 5.88. The molecule has 0 radical (unpaired) electrons. The molecule has 4 aliphatic rings. The van der Waals surface area contributed by atoms with E-state index in [-0.39, 0.29) is 5.54 Å². The van der Waals surface area contributed by atoms with Crippen molar-refractivity contribution in [2.24, 2.45) is 5.41 Å². The fraction of sp³-hybridized carbons (Fsp3) is 0.625. The van der Waals surface area contributed by atoms with Crippen molar-refractivity contribution in [1.82, 2.24) is 15.0 Å². The van der Waals surface area contributed by atoms with Crippen molar-refractivity contribution in [2.45, 2.75) is 73.4 Å². The monoisotopic (exact) mass is 468 g/mol. The maximum atomic E-state index is 6.37. The number of nitrogens with two attached hydrogens (primary N) is 1. The molecule has 3 aliphatic heterocycles. The topological polar surface area (TPSA) is 98.4 Å². The zero-order valence-electron chi connectivity index (χ0n) is 19.2. The molecule has 0 unspecified atom stereocenters. The zero-order chi connectivity index (χ0) is 22.5. The minimum atomic E-state index is 0.0411. The molecule has 8 nitrogen and oxygen atoms in total. The number of pyridine rings is 1. The number of hydrogen-bond donors (Lipinski definition) is 2. The largest absolute Gasteiger partial charge is 0.486 e. The molecule has 2 aromatic rings. The second-order valence-corrected chi connectivity index (χ2v) is 11.3. The molecule has 0 bridgehead atoms. The predicted molar refractivity (Wildman–Crippen MR) is 129 cm³/mol. The van der Waals surface area contributed by atoms with E-state index in [4.69, 9.17) is 20.2 Å². The summed E-state index contributed by atoms with van der Waals surface area (Å²) in [6, 6.07) is 1.96. The maximum Gasteiger partial charge on any atom is 0.175 e. The minimum Gasteiger partial charge on any atom is -0.486 e. The second-order valence-electron chi connectivity index (χ2n) is 10.2. The third-order valence-electron chi connectivity index (χ3n) is 7.81. The Morgan fingerprint density at radius 3 is 2.70 bits per heavy atom. The summed E-state index contributed by atoms with van der Waals surface area (Å²) >= 11 is 1.49. The Morgan fingerprint density at radius 1 is 1.15 bits per heavy atom. The standard InChI is InChI=1S/C24H32N6O2S/c1-16-12-23(14-31-16)7-10-30(11-8-23)18-13-27-22(20(25)28-18)33-17-4-9-26-21-19(17)32-15-24(29-21)5-2-3-6-24/h4,9,13,16H,2-3,5-8,10-12,14-15H2,1H3,(H2,25,28)(H,26,29)/t16-/m0/s1. The first-order chi connectivity index (χ1) is 16.0. The van der Waals surface area contributed by atoms with E-state index in [0.717, 1.165) is 67.7 Å². The van der Waals surface area contributed by atoms with Crippen LogP contribution < -0.4 is 20.7 Å². The highest BCUT2D eigenvalue weighted by Gasteiger charge is 2.41. The highest BCUT2D eigenvalue weighted by atomic mass is 32.2. The van der Waals surface area contributed by atoms with Crippen LogP contribution in [-0.2, 0) is 4.74 Å². The Labute approximate surface area is 199 Å². The smallest absolute Gasteiger partial charge is 0.175 e. The van der Waals surface area contributed by atoms with E-state index in [0.29, 0.717) is 29.0 Å². The average Bonchev–Trinajstić information content (AvgIpc) is 3.42. The Hall–Kier alpha value is -2.26. The lowest BCUT2D eigenvalue weighted by molar-refractivity contribution is 0.0976. The van der Waals surface area contributed by atoms with Crippen molar-refractivity contribution < 1.29 is 9.47 Å². The summed E-state index contributed by atoms with van der Waals surface area (Å²) in [6.07, 6.45) is 12.2. The van der Waals surface area contributed by atoms with Crippen LogP contribution in [0, 0.1) is 5.41 Å². The predicted octanol–water partition coefficient (Wildman–Crippen LogP) is 4.12. The number of anilines is 3. The molecule has 176 valence electrons. The molecule has 0 aromatic carbocycles. The molecule has 1 aliphatic carbocycles. The van der Waals surface area contributed by atoms with Crippen molar-refractivity contribution in [3.05, 3.63) is 18.5 Å². The van der Waals surface area contributed by atoms with E-state index in [2.05, 4.69) is 27.1 Å². The summed E-state index contributed by atoms with van der Waals surface area (Å²) in [5.74, 6) is 2.93. The van der Waals surface area contributed by atoms with Crippen LogP contribution in [0.5, 0.6) is 5.75 Å². The SMILES string of the molecule is C[C@H]1CC2(CCN(c3cnc(Sc4ccnc5c4OCC4(CCCC4)N5)c(N)n3)CC2)CO1. The van der Waals surface area contributed by atoms with Gasteiger partial charge in [-0.15, -0.1) is 0 Å². The molecule has 2 saturated heterocycles. The van der Waals surface area contributed by atoms with E-state index in [1.165, 1.54) is 31.0 Å². The van der Waals surface area contributed by atoms with E-state index in [9.17, 15) is 0 Å². The molecule has 1 atom stereocenters. The molecule has 5 heterocycles. The molecule has 3 fully saturated rings. The van der Waals surface area contributed by atoms with Crippen molar-refractivity contribution in [2.75, 3.05) is 42.3 Å². The molecule has 2 spiro atoms. The second kappa shape index (κ2) is 8.20. The van der Waals surface area contributed by atoms with Crippen LogP contribution in [0.1, 0.15) is 51.9 Å². The highest BCUT2D eigenvalue weighted by Crippen LogP contribution is 2.46. The van der Waals surface area contributed by atoms with Crippen LogP contribution in [0.15, 0.2) is 28.4 Å². The quantitative estimate of drug-likeness (QED) is 0.689. The van der Waals surface area contributed by atoms with Gasteiger partial charge >= 0.3 is 0 Å². The fourth-order valence-corrected chi connectivity index (χ4v) is 6.72. The molecule has 2 aromatic heterocycles. The van der Waals surface area contributed by atoms with Gasteiger partial charge in [0.2, 0.25) is 0 Å². The number of aromatic nitrogens is 3. The van der Waals surface area contributed by atoms with Crippen LogP contribution in [0.2, 0.25) is 0 Å². The number of nitrogens with one attached hydrogen (secondary N) is 1. The van der Waals surface area contributed by atoms with Gasteiger partial charge in [0.15, 0.2) is 17.4 Å². The van der Waals surface area contributed by atoms with Crippen LogP contribution >= 0.6 is 11.8 Å². The van der Waals surface area contributed by atoms with Gasteiger partial charge in [0.25, 0.3) is 0 Å². The zero-order valence-corrected chi connectivity index (χ0v) is 20.0. The molecule has 9 heteroatoms. The van der Waals surface area contributed by atoms with Gasteiger partial charge in [-0.3, -0.25) is 0 Å². The summed E-state index contributed by atoms with van der Waals surface area (Å²) in [5.41, 5.74) is 6.75. The first kappa shape index (κ1) is 21.3. The van der Waals surface area contributed by atoms with Gasteiger partial charge in [0.05, 0.1) is 29.3 Å². The maximum absolute atomic E-state index is 6.37. The lowest BCUT2D eigenvalue weighted by Gasteiger charge is -2.39. The molecule has 33 heavy (non-hydrogen) atoms. The van der Waals surface area contributed by atoms with Crippen LogP contribution in [-0.4, -0.2) is 52.9 Å². The number of hydrogen-bond acceptors (Lipinski definition) is 9. The van der Waals surface area contributed by atoms with Crippen molar-refractivity contribution in [1.29, 1.82) is 0 Å². The normalized spacial score (nSPS) is 25.1. The minimum absolute atomic E-state index is 0.0411. The van der Waals surface area contributed by atoms with Gasteiger partial charge in [0.1, 0.15) is 17.5 Å².